The summed E-state index contributed by atoms with van der Waals surface area (Å²) in [6.45, 7) is 0. The standard InChI is InChI=1S/C10H10N2O6/c1-17-8-5-6(12(15)16)3-4-7(8)11-9(13)10(14)18-2/h3-5H,1-2H3,(H,11,13). The van der Waals surface area contributed by atoms with Crippen LogP contribution in [0.15, 0.2) is 18.2 Å². The van der Waals surface area contributed by atoms with Crippen molar-refractivity contribution < 1.29 is 24.0 Å². The van der Waals surface area contributed by atoms with Crippen molar-refractivity contribution in [3.05, 3.63) is 28.3 Å². The summed E-state index contributed by atoms with van der Waals surface area (Å²) in [5, 5.41) is 12.8. The van der Waals surface area contributed by atoms with Gasteiger partial charge in [-0.1, -0.05) is 0 Å². The molecule has 18 heavy (non-hydrogen) atoms. The van der Waals surface area contributed by atoms with Crippen molar-refractivity contribution in [1.29, 1.82) is 0 Å². The van der Waals surface area contributed by atoms with Crippen LogP contribution in [0.1, 0.15) is 0 Å². The van der Waals surface area contributed by atoms with E-state index in [-0.39, 0.29) is 17.1 Å². The Balaban J connectivity index is 2.99. The molecular weight excluding hydrogens is 244 g/mol. The number of esters is 1. The van der Waals surface area contributed by atoms with E-state index in [4.69, 9.17) is 4.74 Å². The van der Waals surface area contributed by atoms with Gasteiger partial charge in [-0.15, -0.1) is 0 Å². The molecule has 0 unspecified atom stereocenters. The molecule has 0 radical (unpaired) electrons. The van der Waals surface area contributed by atoms with Crippen LogP contribution in [0.3, 0.4) is 0 Å². The quantitative estimate of drug-likeness (QED) is 0.368. The third-order valence-corrected chi connectivity index (χ3v) is 2.01. The fourth-order valence-electron chi connectivity index (χ4n) is 1.16. The first kappa shape index (κ1) is 13.4. The highest BCUT2D eigenvalue weighted by molar-refractivity contribution is 6.37. The van der Waals surface area contributed by atoms with E-state index in [1.54, 1.807) is 0 Å². The number of nitro groups is 1. The molecule has 0 saturated carbocycles. The van der Waals surface area contributed by atoms with Crippen molar-refractivity contribution in [3.63, 3.8) is 0 Å². The van der Waals surface area contributed by atoms with E-state index < -0.39 is 16.8 Å². The van der Waals surface area contributed by atoms with Gasteiger partial charge in [-0.05, 0) is 6.07 Å². The molecule has 1 N–H and O–H groups in total. The number of non-ortho nitro benzene ring substituents is 1. The fraction of sp³-hybridized carbons (Fsp3) is 0.200. The summed E-state index contributed by atoms with van der Waals surface area (Å²) in [6.07, 6.45) is 0. The highest BCUT2D eigenvalue weighted by atomic mass is 16.6. The Bertz CT molecular complexity index is 499. The second kappa shape index (κ2) is 5.62. The lowest BCUT2D eigenvalue weighted by atomic mass is 10.2. The molecule has 1 amide bonds. The zero-order valence-corrected chi connectivity index (χ0v) is 9.63. The van der Waals surface area contributed by atoms with Crippen LogP contribution in [0.2, 0.25) is 0 Å². The molecule has 0 bridgehead atoms. The number of benzene rings is 1. The Kier molecular flexibility index (Phi) is 4.19. The van der Waals surface area contributed by atoms with E-state index in [0.717, 1.165) is 13.2 Å². The number of carbonyl (C=O) groups is 2. The number of hydrogen-bond donors (Lipinski definition) is 1. The lowest BCUT2D eigenvalue weighted by molar-refractivity contribution is -0.384. The highest BCUT2D eigenvalue weighted by Crippen LogP contribution is 2.28. The van der Waals surface area contributed by atoms with Crippen LogP contribution in [-0.2, 0) is 14.3 Å². The molecule has 1 rings (SSSR count). The maximum Gasteiger partial charge on any atom is 0.396 e. The Labute approximate surface area is 102 Å². The van der Waals surface area contributed by atoms with Crippen molar-refractivity contribution in [2.75, 3.05) is 19.5 Å². The molecule has 0 aliphatic heterocycles. The predicted octanol–water partition coefficient (Wildman–Crippen LogP) is 0.715. The molecule has 1 aromatic rings. The summed E-state index contributed by atoms with van der Waals surface area (Å²) in [7, 11) is 2.35. The van der Waals surface area contributed by atoms with Gasteiger partial charge in [-0.3, -0.25) is 14.9 Å². The first-order chi connectivity index (χ1) is 8.49. The van der Waals surface area contributed by atoms with E-state index in [1.807, 2.05) is 0 Å². The predicted molar refractivity (Wildman–Crippen MR) is 60.3 cm³/mol. The van der Waals surface area contributed by atoms with E-state index in [0.29, 0.717) is 0 Å². The van der Waals surface area contributed by atoms with Crippen molar-refractivity contribution in [3.8, 4) is 5.75 Å². The van der Waals surface area contributed by atoms with Crippen LogP contribution in [0.25, 0.3) is 0 Å². The number of carbonyl (C=O) groups excluding carboxylic acids is 2. The molecule has 0 aliphatic rings. The monoisotopic (exact) mass is 254 g/mol. The number of rotatable bonds is 3. The van der Waals surface area contributed by atoms with Gasteiger partial charge in [0.25, 0.3) is 5.69 Å². The lowest BCUT2D eigenvalue weighted by Crippen LogP contribution is -2.24. The maximum atomic E-state index is 11.3. The van der Waals surface area contributed by atoms with Gasteiger partial charge in [0.15, 0.2) is 0 Å². The van der Waals surface area contributed by atoms with Crippen LogP contribution in [0.5, 0.6) is 5.75 Å². The minimum absolute atomic E-state index is 0.0708. The van der Waals surface area contributed by atoms with E-state index in [1.165, 1.54) is 19.2 Å². The number of anilines is 1. The Morgan fingerprint density at radius 1 is 1.33 bits per heavy atom. The first-order valence-corrected chi connectivity index (χ1v) is 4.71. The van der Waals surface area contributed by atoms with Gasteiger partial charge in [0.2, 0.25) is 0 Å². The summed E-state index contributed by atoms with van der Waals surface area (Å²) in [5.41, 5.74) is -0.0542. The van der Waals surface area contributed by atoms with Gasteiger partial charge in [-0.2, -0.15) is 0 Å². The number of ether oxygens (including phenoxy) is 2. The molecule has 0 saturated heterocycles. The summed E-state index contributed by atoms with van der Waals surface area (Å²) in [4.78, 5) is 32.1. The Hall–Kier alpha value is -2.64. The molecule has 0 atom stereocenters. The molecule has 96 valence electrons. The minimum Gasteiger partial charge on any atom is -0.494 e. The third-order valence-electron chi connectivity index (χ3n) is 2.01. The second-order valence-electron chi connectivity index (χ2n) is 3.09. The molecule has 0 heterocycles. The fourth-order valence-corrected chi connectivity index (χ4v) is 1.16. The largest absolute Gasteiger partial charge is 0.494 e. The van der Waals surface area contributed by atoms with Crippen molar-refractivity contribution in [2.45, 2.75) is 0 Å². The summed E-state index contributed by atoms with van der Waals surface area (Å²) < 4.78 is 9.10. The molecule has 0 aromatic heterocycles. The smallest absolute Gasteiger partial charge is 0.396 e. The number of methoxy groups -OCH3 is 2. The van der Waals surface area contributed by atoms with Crippen molar-refractivity contribution in [1.82, 2.24) is 0 Å². The van der Waals surface area contributed by atoms with Gasteiger partial charge < -0.3 is 14.8 Å². The summed E-state index contributed by atoms with van der Waals surface area (Å²) >= 11 is 0. The molecular formula is C10H10N2O6. The van der Waals surface area contributed by atoms with Gasteiger partial charge in [0, 0.05) is 6.07 Å². The molecule has 8 nitrogen and oxygen atoms in total. The van der Waals surface area contributed by atoms with Crippen molar-refractivity contribution >= 4 is 23.3 Å². The molecule has 1 aromatic carbocycles. The third kappa shape index (κ3) is 2.94. The van der Waals surface area contributed by atoms with Crippen LogP contribution in [-0.4, -0.2) is 31.0 Å². The van der Waals surface area contributed by atoms with Gasteiger partial charge in [-0.25, -0.2) is 4.79 Å². The molecule has 0 spiro atoms. The number of nitrogens with zero attached hydrogens (tertiary/aromatic N) is 1. The number of amides is 1. The van der Waals surface area contributed by atoms with Crippen LogP contribution in [0, 0.1) is 10.1 Å². The van der Waals surface area contributed by atoms with Gasteiger partial charge in [0.05, 0.1) is 30.9 Å². The van der Waals surface area contributed by atoms with Gasteiger partial charge >= 0.3 is 11.9 Å². The van der Waals surface area contributed by atoms with Gasteiger partial charge in [0.1, 0.15) is 5.75 Å². The van der Waals surface area contributed by atoms with Crippen LogP contribution in [0.4, 0.5) is 11.4 Å². The SMILES string of the molecule is COC(=O)C(=O)Nc1ccc([N+](=O)[O-])cc1OC. The number of nitro benzene ring substituents is 1. The first-order valence-electron chi connectivity index (χ1n) is 4.71. The topological polar surface area (TPSA) is 108 Å². The summed E-state index contributed by atoms with van der Waals surface area (Å²) in [6, 6.07) is 3.57. The normalized spacial score (nSPS) is 9.44. The Morgan fingerprint density at radius 2 is 2.00 bits per heavy atom. The lowest BCUT2D eigenvalue weighted by Gasteiger charge is -2.08. The number of hydrogen-bond acceptors (Lipinski definition) is 6. The zero-order valence-electron chi connectivity index (χ0n) is 9.63. The highest BCUT2D eigenvalue weighted by Gasteiger charge is 2.18. The maximum absolute atomic E-state index is 11.3. The summed E-state index contributed by atoms with van der Waals surface area (Å²) in [5.74, 6) is -2.00. The Morgan fingerprint density at radius 3 is 2.50 bits per heavy atom. The molecule has 0 fully saturated rings. The average molecular weight is 254 g/mol. The van der Waals surface area contributed by atoms with Crippen LogP contribution < -0.4 is 10.1 Å². The van der Waals surface area contributed by atoms with E-state index in [2.05, 4.69) is 10.1 Å². The number of nitrogens with one attached hydrogen (secondary N) is 1. The van der Waals surface area contributed by atoms with E-state index in [9.17, 15) is 19.7 Å². The molecule has 8 heteroatoms. The molecule has 0 aliphatic carbocycles. The van der Waals surface area contributed by atoms with Crippen molar-refractivity contribution in [2.24, 2.45) is 0 Å². The second-order valence-corrected chi connectivity index (χ2v) is 3.09. The van der Waals surface area contributed by atoms with Crippen LogP contribution >= 0.6 is 0 Å². The zero-order chi connectivity index (χ0) is 13.7. The van der Waals surface area contributed by atoms with E-state index >= 15 is 0 Å². The average Bonchev–Trinajstić information content (AvgIpc) is 2.37. The minimum atomic E-state index is -1.07.